The van der Waals surface area contributed by atoms with Crippen LogP contribution in [0.25, 0.3) is 0 Å². The van der Waals surface area contributed by atoms with E-state index in [1.165, 1.54) is 26.4 Å². The molecule has 1 rings (SSSR count). The zero-order valence-electron chi connectivity index (χ0n) is 8.71. The maximum Gasteiger partial charge on any atom is 0.165 e. The normalized spacial score (nSPS) is 9.47. The number of halogens is 1. The lowest BCUT2D eigenvalue weighted by molar-refractivity contribution is 0.365. The lowest BCUT2D eigenvalue weighted by atomic mass is 10.1. The van der Waals surface area contributed by atoms with Gasteiger partial charge in [0.2, 0.25) is 0 Å². The highest BCUT2D eigenvalue weighted by atomic mass is 19.1. The van der Waals surface area contributed by atoms with E-state index < -0.39 is 5.82 Å². The maximum absolute atomic E-state index is 13.3. The van der Waals surface area contributed by atoms with Gasteiger partial charge in [-0.05, 0) is 18.6 Å². The van der Waals surface area contributed by atoms with Crippen molar-refractivity contribution in [1.29, 1.82) is 5.26 Å². The quantitative estimate of drug-likeness (QED) is 0.764. The van der Waals surface area contributed by atoms with Crippen LogP contribution in [0.3, 0.4) is 0 Å². The van der Waals surface area contributed by atoms with Crippen molar-refractivity contribution in [3.05, 3.63) is 23.5 Å². The van der Waals surface area contributed by atoms with Crippen molar-refractivity contribution in [2.24, 2.45) is 0 Å². The Bertz CT molecular complexity index is 385. The highest BCUT2D eigenvalue weighted by Crippen LogP contribution is 2.32. The second-order valence-corrected chi connectivity index (χ2v) is 2.92. The van der Waals surface area contributed by atoms with E-state index in [1.54, 1.807) is 0 Å². The Labute approximate surface area is 88.0 Å². The summed E-state index contributed by atoms with van der Waals surface area (Å²) in [5, 5.41) is 8.50. The first-order valence-corrected chi connectivity index (χ1v) is 4.51. The van der Waals surface area contributed by atoms with Gasteiger partial charge in [-0.3, -0.25) is 0 Å². The Kier molecular flexibility index (Phi) is 3.92. The monoisotopic (exact) mass is 209 g/mol. The molecule has 3 nitrogen and oxygen atoms in total. The molecule has 4 heteroatoms. The molecule has 0 aliphatic rings. The summed E-state index contributed by atoms with van der Waals surface area (Å²) in [5.41, 5.74) is 0.599. The van der Waals surface area contributed by atoms with E-state index in [1.807, 2.05) is 6.07 Å². The van der Waals surface area contributed by atoms with Crippen LogP contribution in [0.4, 0.5) is 4.39 Å². The van der Waals surface area contributed by atoms with Gasteiger partial charge >= 0.3 is 0 Å². The maximum atomic E-state index is 13.3. The average molecular weight is 209 g/mol. The summed E-state index contributed by atoms with van der Waals surface area (Å²) in [7, 11) is 2.90. The molecular formula is C11H12FNO2. The Morgan fingerprint density at radius 1 is 1.33 bits per heavy atom. The SMILES string of the molecule is COc1ccc(F)c(OC)c1CCC#N. The molecule has 1 aromatic rings. The predicted molar refractivity (Wildman–Crippen MR) is 53.4 cm³/mol. The third-order valence-corrected chi connectivity index (χ3v) is 2.08. The first kappa shape index (κ1) is 11.3. The van der Waals surface area contributed by atoms with Crippen LogP contribution in [0, 0.1) is 17.1 Å². The summed E-state index contributed by atoms with van der Waals surface area (Å²) in [4.78, 5) is 0. The molecule has 80 valence electrons. The van der Waals surface area contributed by atoms with Crippen LogP contribution in [0.5, 0.6) is 11.5 Å². The Morgan fingerprint density at radius 2 is 2.07 bits per heavy atom. The third-order valence-electron chi connectivity index (χ3n) is 2.08. The molecule has 0 atom stereocenters. The zero-order valence-corrected chi connectivity index (χ0v) is 8.71. The van der Waals surface area contributed by atoms with Crippen molar-refractivity contribution in [2.75, 3.05) is 14.2 Å². The van der Waals surface area contributed by atoms with Gasteiger partial charge in [-0.1, -0.05) is 0 Å². The molecule has 0 saturated carbocycles. The summed E-state index contributed by atoms with van der Waals surface area (Å²) >= 11 is 0. The van der Waals surface area contributed by atoms with Gasteiger partial charge in [-0.2, -0.15) is 5.26 Å². The van der Waals surface area contributed by atoms with Crippen molar-refractivity contribution >= 4 is 0 Å². The minimum atomic E-state index is -0.439. The molecule has 0 bridgehead atoms. The van der Waals surface area contributed by atoms with E-state index >= 15 is 0 Å². The molecule has 1 aromatic carbocycles. The fraction of sp³-hybridized carbons (Fsp3) is 0.364. The van der Waals surface area contributed by atoms with Gasteiger partial charge in [0.1, 0.15) is 5.75 Å². The number of nitrogens with zero attached hydrogens (tertiary/aromatic N) is 1. The van der Waals surface area contributed by atoms with Gasteiger partial charge in [-0.25, -0.2) is 4.39 Å². The largest absolute Gasteiger partial charge is 0.496 e. The second kappa shape index (κ2) is 5.20. The van der Waals surface area contributed by atoms with Gasteiger partial charge in [0.05, 0.1) is 20.3 Å². The topological polar surface area (TPSA) is 42.2 Å². The summed E-state index contributed by atoms with van der Waals surface area (Å²) in [6, 6.07) is 4.82. The molecule has 0 aromatic heterocycles. The Balaban J connectivity index is 3.16. The number of methoxy groups -OCH3 is 2. The molecule has 15 heavy (non-hydrogen) atoms. The number of hydrogen-bond acceptors (Lipinski definition) is 3. The van der Waals surface area contributed by atoms with Crippen molar-refractivity contribution in [1.82, 2.24) is 0 Å². The van der Waals surface area contributed by atoms with Crippen LogP contribution in [-0.4, -0.2) is 14.2 Å². The van der Waals surface area contributed by atoms with Crippen LogP contribution in [0.1, 0.15) is 12.0 Å². The summed E-state index contributed by atoms with van der Waals surface area (Å²) in [5.74, 6) is 0.263. The van der Waals surface area contributed by atoms with Gasteiger partial charge < -0.3 is 9.47 Å². The minimum Gasteiger partial charge on any atom is -0.496 e. The van der Waals surface area contributed by atoms with Gasteiger partial charge in [-0.15, -0.1) is 0 Å². The van der Waals surface area contributed by atoms with Crippen molar-refractivity contribution in [3.8, 4) is 17.6 Å². The summed E-state index contributed by atoms with van der Waals surface area (Å²) in [6.07, 6.45) is 0.719. The van der Waals surface area contributed by atoms with Crippen LogP contribution >= 0.6 is 0 Å². The van der Waals surface area contributed by atoms with E-state index in [4.69, 9.17) is 14.7 Å². The molecule has 0 fully saturated rings. The molecule has 0 aliphatic heterocycles. The molecule has 0 saturated heterocycles. The molecule has 0 unspecified atom stereocenters. The molecule has 0 amide bonds. The highest BCUT2D eigenvalue weighted by Gasteiger charge is 2.14. The first-order chi connectivity index (χ1) is 7.24. The predicted octanol–water partition coefficient (Wildman–Crippen LogP) is 2.30. The van der Waals surface area contributed by atoms with Gasteiger partial charge in [0.25, 0.3) is 0 Å². The van der Waals surface area contributed by atoms with Crippen LogP contribution in [-0.2, 0) is 6.42 Å². The number of ether oxygens (including phenoxy) is 2. The molecular weight excluding hydrogens is 197 g/mol. The average Bonchev–Trinajstić information content (AvgIpc) is 2.26. The molecule has 0 spiro atoms. The lowest BCUT2D eigenvalue weighted by Crippen LogP contribution is -1.99. The van der Waals surface area contributed by atoms with E-state index in [2.05, 4.69) is 0 Å². The van der Waals surface area contributed by atoms with Crippen molar-refractivity contribution in [3.63, 3.8) is 0 Å². The number of rotatable bonds is 4. The van der Waals surface area contributed by atoms with Crippen LogP contribution in [0.2, 0.25) is 0 Å². The highest BCUT2D eigenvalue weighted by molar-refractivity contribution is 5.46. The Morgan fingerprint density at radius 3 is 2.60 bits per heavy atom. The number of benzene rings is 1. The van der Waals surface area contributed by atoms with Gasteiger partial charge in [0, 0.05) is 12.0 Å². The first-order valence-electron chi connectivity index (χ1n) is 4.51. The molecule has 0 N–H and O–H groups in total. The van der Waals surface area contributed by atoms with E-state index in [0.717, 1.165) is 0 Å². The zero-order chi connectivity index (χ0) is 11.3. The molecule has 0 radical (unpaired) electrons. The van der Waals surface area contributed by atoms with Gasteiger partial charge in [0.15, 0.2) is 11.6 Å². The van der Waals surface area contributed by atoms with Crippen molar-refractivity contribution < 1.29 is 13.9 Å². The third kappa shape index (κ3) is 2.38. The molecule has 0 heterocycles. The smallest absolute Gasteiger partial charge is 0.165 e. The van der Waals surface area contributed by atoms with E-state index in [9.17, 15) is 4.39 Å². The standard InChI is InChI=1S/C11H12FNO2/c1-14-10-6-5-9(12)11(15-2)8(10)4-3-7-13/h5-6H,3-4H2,1-2H3. The van der Waals surface area contributed by atoms with Crippen LogP contribution in [0.15, 0.2) is 12.1 Å². The van der Waals surface area contributed by atoms with Crippen molar-refractivity contribution in [2.45, 2.75) is 12.8 Å². The fourth-order valence-electron chi connectivity index (χ4n) is 1.41. The number of hydrogen-bond donors (Lipinski definition) is 0. The van der Waals surface area contributed by atoms with Crippen LogP contribution < -0.4 is 9.47 Å². The lowest BCUT2D eigenvalue weighted by Gasteiger charge is -2.12. The van der Waals surface area contributed by atoms with E-state index in [-0.39, 0.29) is 5.75 Å². The number of nitriles is 1. The summed E-state index contributed by atoms with van der Waals surface area (Å²) in [6.45, 7) is 0. The summed E-state index contributed by atoms with van der Waals surface area (Å²) < 4.78 is 23.4. The minimum absolute atomic E-state index is 0.157. The molecule has 0 aliphatic carbocycles. The second-order valence-electron chi connectivity index (χ2n) is 2.92. The van der Waals surface area contributed by atoms with E-state index in [0.29, 0.717) is 24.2 Å². The fourth-order valence-corrected chi connectivity index (χ4v) is 1.41. The Hall–Kier alpha value is -1.76.